The van der Waals surface area contributed by atoms with Gasteiger partial charge in [0.2, 0.25) is 0 Å². The molecule has 0 saturated heterocycles. The third-order valence-corrected chi connectivity index (χ3v) is 6.23. The Hall–Kier alpha value is 0.250. The van der Waals surface area contributed by atoms with Crippen LogP contribution >= 0.6 is 22.6 Å². The molecule has 0 aliphatic rings. The molecule has 0 spiro atoms. The van der Waals surface area contributed by atoms with Crippen LogP contribution in [-0.2, 0) is 56.8 Å². The summed E-state index contributed by atoms with van der Waals surface area (Å²) in [6, 6.07) is 0. The van der Waals surface area contributed by atoms with Crippen LogP contribution in [0.3, 0.4) is 0 Å². The number of ether oxygens (including phenoxy) is 12. The summed E-state index contributed by atoms with van der Waals surface area (Å²) in [6.07, 6.45) is 4.98. The van der Waals surface area contributed by atoms with Crippen molar-refractivity contribution < 1.29 is 56.8 Å². The smallest absolute Gasteiger partial charge is 0.0701 e. The molecule has 0 radical (unpaired) electrons. The number of rotatable bonds is 40. The van der Waals surface area contributed by atoms with E-state index in [4.69, 9.17) is 56.8 Å². The van der Waals surface area contributed by atoms with E-state index < -0.39 is 0 Å². The van der Waals surface area contributed by atoms with Gasteiger partial charge in [0.05, 0.1) is 145 Å². The largest absolute Gasteiger partial charge is 0.379 e. The van der Waals surface area contributed by atoms with Gasteiger partial charge in [0, 0.05) is 13.2 Å². The number of hydrogen-bond acceptors (Lipinski definition) is 12. The van der Waals surface area contributed by atoms with Crippen molar-refractivity contribution in [3.63, 3.8) is 0 Å². The average Bonchev–Trinajstić information content (AvgIpc) is 3.02. The highest BCUT2D eigenvalue weighted by molar-refractivity contribution is 14.1. The number of hydrogen-bond donors (Lipinski definition) is 0. The Labute approximate surface area is 274 Å². The van der Waals surface area contributed by atoms with E-state index in [-0.39, 0.29) is 0 Å². The molecule has 0 aromatic heterocycles. The number of halogens is 1. The molecule has 0 aromatic rings. The molecule has 260 valence electrons. The summed E-state index contributed by atoms with van der Waals surface area (Å²) >= 11 is 2.42. The lowest BCUT2D eigenvalue weighted by Gasteiger charge is -2.09. The fourth-order valence-corrected chi connectivity index (χ4v) is 3.75. The van der Waals surface area contributed by atoms with E-state index in [2.05, 4.69) is 22.6 Å². The molecule has 0 aliphatic carbocycles. The second-order valence-corrected chi connectivity index (χ2v) is 10.1. The Morgan fingerprint density at radius 3 is 0.698 bits per heavy atom. The van der Waals surface area contributed by atoms with Crippen LogP contribution in [-0.4, -0.2) is 163 Å². The molecule has 0 bridgehead atoms. The van der Waals surface area contributed by atoms with Gasteiger partial charge in [0.15, 0.2) is 0 Å². The molecule has 0 fully saturated rings. The Balaban J connectivity index is 3.02. The van der Waals surface area contributed by atoms with E-state index in [1.54, 1.807) is 0 Å². The van der Waals surface area contributed by atoms with Gasteiger partial charge in [-0.05, 0) is 24.2 Å². The lowest BCUT2D eigenvalue weighted by molar-refractivity contribution is -0.0282. The van der Waals surface area contributed by atoms with E-state index in [1.165, 1.54) is 23.7 Å². The van der Waals surface area contributed by atoms with Gasteiger partial charge in [0.1, 0.15) is 0 Å². The van der Waals surface area contributed by atoms with Gasteiger partial charge in [0.25, 0.3) is 0 Å². The van der Waals surface area contributed by atoms with Crippen LogP contribution in [0.2, 0.25) is 0 Å². The SMILES string of the molecule is CCOCCOCCOCCOCCOCCOCCOCCOCCOCCOCCOCCOCCCCCCI. The molecule has 43 heavy (non-hydrogen) atoms. The molecule has 0 rings (SSSR count). The first-order chi connectivity index (χ1) is 21.4. The quantitative estimate of drug-likeness (QED) is 0.0523. The van der Waals surface area contributed by atoms with E-state index in [0.717, 1.165) is 13.0 Å². The van der Waals surface area contributed by atoms with Gasteiger partial charge in [-0.3, -0.25) is 0 Å². The molecule has 0 aliphatic heterocycles. The minimum Gasteiger partial charge on any atom is -0.379 e. The molecule has 0 saturated carbocycles. The van der Waals surface area contributed by atoms with E-state index >= 15 is 0 Å². The van der Waals surface area contributed by atoms with Crippen molar-refractivity contribution in [3.8, 4) is 0 Å². The summed E-state index contributed by atoms with van der Waals surface area (Å²) < 4.78 is 66.6. The molecule has 0 amide bonds. The van der Waals surface area contributed by atoms with Gasteiger partial charge in [-0.1, -0.05) is 35.4 Å². The van der Waals surface area contributed by atoms with Crippen molar-refractivity contribution >= 4 is 22.6 Å². The first kappa shape index (κ1) is 43.2. The number of alkyl halides is 1. The normalized spacial score (nSPS) is 11.6. The molecule has 0 unspecified atom stereocenters. The second kappa shape index (κ2) is 42.2. The Morgan fingerprint density at radius 1 is 0.256 bits per heavy atom. The summed E-state index contributed by atoms with van der Waals surface area (Å²) in [5.74, 6) is 0. The Bertz CT molecular complexity index is 442. The molecule has 0 atom stereocenters. The standard InChI is InChI=1S/C30H61IO12/c1-2-32-9-10-34-13-14-36-17-18-38-21-22-40-25-26-42-29-30-43-28-27-41-24-23-39-20-19-37-16-15-35-12-11-33-8-6-4-3-5-7-31/h2-30H2,1H3. The van der Waals surface area contributed by atoms with Crippen molar-refractivity contribution in [2.45, 2.75) is 32.6 Å². The summed E-state index contributed by atoms with van der Waals surface area (Å²) in [5, 5.41) is 0. The highest BCUT2D eigenvalue weighted by atomic mass is 127. The van der Waals surface area contributed by atoms with Crippen molar-refractivity contribution in [1.29, 1.82) is 0 Å². The minimum atomic E-state index is 0.521. The van der Waals surface area contributed by atoms with Gasteiger partial charge in [-0.15, -0.1) is 0 Å². The highest BCUT2D eigenvalue weighted by Crippen LogP contribution is 2.02. The van der Waals surface area contributed by atoms with Crippen LogP contribution < -0.4 is 0 Å². The Kier molecular flexibility index (Phi) is 42.5. The minimum absolute atomic E-state index is 0.521. The lowest BCUT2D eigenvalue weighted by atomic mass is 10.2. The van der Waals surface area contributed by atoms with Crippen LogP contribution in [0.5, 0.6) is 0 Å². The average molecular weight is 741 g/mol. The van der Waals surface area contributed by atoms with Crippen LogP contribution in [0.4, 0.5) is 0 Å². The predicted molar refractivity (Wildman–Crippen MR) is 173 cm³/mol. The van der Waals surface area contributed by atoms with Crippen LogP contribution in [0.15, 0.2) is 0 Å². The zero-order valence-corrected chi connectivity index (χ0v) is 28.9. The maximum atomic E-state index is 5.56. The lowest BCUT2D eigenvalue weighted by Crippen LogP contribution is -2.15. The molecular formula is C30H61IO12. The fraction of sp³-hybridized carbons (Fsp3) is 1.00. The van der Waals surface area contributed by atoms with Crippen molar-refractivity contribution in [2.24, 2.45) is 0 Å². The topological polar surface area (TPSA) is 111 Å². The molecule has 0 heterocycles. The Morgan fingerprint density at radius 2 is 0.465 bits per heavy atom. The third kappa shape index (κ3) is 42.2. The van der Waals surface area contributed by atoms with Gasteiger partial charge >= 0.3 is 0 Å². The second-order valence-electron chi connectivity index (χ2n) is 9.04. The highest BCUT2D eigenvalue weighted by Gasteiger charge is 1.97. The van der Waals surface area contributed by atoms with Crippen LogP contribution in [0.25, 0.3) is 0 Å². The zero-order chi connectivity index (χ0) is 31.0. The summed E-state index contributed by atoms with van der Waals surface area (Å²) in [5.41, 5.74) is 0. The maximum Gasteiger partial charge on any atom is 0.0701 e. The van der Waals surface area contributed by atoms with Crippen molar-refractivity contribution in [1.82, 2.24) is 0 Å². The molecule has 13 heteroatoms. The molecule has 0 aromatic carbocycles. The number of unbranched alkanes of at least 4 members (excludes halogenated alkanes) is 3. The third-order valence-electron chi connectivity index (χ3n) is 5.47. The maximum absolute atomic E-state index is 5.56. The monoisotopic (exact) mass is 740 g/mol. The fourth-order valence-electron chi connectivity index (χ4n) is 3.22. The van der Waals surface area contributed by atoms with E-state index in [9.17, 15) is 0 Å². The van der Waals surface area contributed by atoms with Gasteiger partial charge in [-0.2, -0.15) is 0 Å². The van der Waals surface area contributed by atoms with Gasteiger partial charge < -0.3 is 56.8 Å². The zero-order valence-electron chi connectivity index (χ0n) is 26.8. The first-order valence-electron chi connectivity index (χ1n) is 15.9. The van der Waals surface area contributed by atoms with E-state index in [1.807, 2.05) is 6.92 Å². The van der Waals surface area contributed by atoms with Crippen LogP contribution in [0.1, 0.15) is 32.6 Å². The first-order valence-corrected chi connectivity index (χ1v) is 17.4. The van der Waals surface area contributed by atoms with Crippen LogP contribution in [0, 0.1) is 0 Å². The molecule has 12 nitrogen and oxygen atoms in total. The summed E-state index contributed by atoms with van der Waals surface area (Å²) in [7, 11) is 0. The molecule has 0 N–H and O–H groups in total. The van der Waals surface area contributed by atoms with Crippen molar-refractivity contribution in [3.05, 3.63) is 0 Å². The molecular weight excluding hydrogens is 679 g/mol. The van der Waals surface area contributed by atoms with E-state index in [0.29, 0.717) is 152 Å². The van der Waals surface area contributed by atoms with Crippen molar-refractivity contribution in [2.75, 3.05) is 163 Å². The summed E-state index contributed by atoms with van der Waals surface area (Å²) in [4.78, 5) is 0. The summed E-state index contributed by atoms with van der Waals surface area (Å²) in [6.45, 7) is 15.6. The predicted octanol–water partition coefficient (Wildman–Crippen LogP) is 3.20. The van der Waals surface area contributed by atoms with Gasteiger partial charge in [-0.25, -0.2) is 0 Å².